The smallest absolute Gasteiger partial charge is 0.488 e. The van der Waals surface area contributed by atoms with Crippen molar-refractivity contribution < 1.29 is 43.5 Å². The number of fused-ring (bicyclic) bond motifs is 4. The number of phenols is 1. The van der Waals surface area contributed by atoms with Gasteiger partial charge in [0, 0.05) is 11.5 Å². The van der Waals surface area contributed by atoms with E-state index in [1.165, 1.54) is 55.6 Å². The SMILES string of the molecule is COc1cccc(O)c1C1C2=CCC3C(=O)N(c4cccc(B(O)O)c4)C(=O)C3C2CC2(Cl)C(=O)N(c3ccc(F)cc3)C(=O)C12Cl. The van der Waals surface area contributed by atoms with Crippen molar-refractivity contribution in [3.63, 3.8) is 0 Å². The fourth-order valence-electron chi connectivity index (χ4n) is 7.80. The topological polar surface area (TPSA) is 145 Å². The van der Waals surface area contributed by atoms with E-state index in [1.54, 1.807) is 12.1 Å². The summed E-state index contributed by atoms with van der Waals surface area (Å²) in [6.07, 6.45) is 1.46. The first-order chi connectivity index (χ1) is 22.3. The summed E-state index contributed by atoms with van der Waals surface area (Å²) in [5, 5.41) is 30.7. The number of alkyl halides is 2. The standard InChI is InChI=1S/C33H26BCl2FN2O8/c1-47-24-7-3-6-23(40)26(24)27-20-12-13-21-25(29(42)38(28(21)41)19-5-2-4-16(14-19)34(45)46)22(20)15-32(35)30(43)39(31(44)33(27,32)36)18-10-8-17(37)9-11-18/h2-12,14,21-22,25,27,40,45-46H,13,15H2,1H3. The third kappa shape index (κ3) is 4.25. The largest absolute Gasteiger partial charge is 0.508 e. The zero-order valence-corrected chi connectivity index (χ0v) is 26.2. The lowest BCUT2D eigenvalue weighted by molar-refractivity contribution is -0.125. The highest BCUT2D eigenvalue weighted by Gasteiger charge is 2.77. The Kier molecular flexibility index (Phi) is 7.29. The number of allylic oxidation sites excluding steroid dienone is 2. The Hall–Kier alpha value is -4.23. The summed E-state index contributed by atoms with van der Waals surface area (Å²) in [4.78, 5) is 54.3. The lowest BCUT2D eigenvalue weighted by Gasteiger charge is -2.50. The van der Waals surface area contributed by atoms with E-state index >= 15 is 0 Å². The second-order valence-corrected chi connectivity index (χ2v) is 13.4. The molecule has 3 fully saturated rings. The highest BCUT2D eigenvalue weighted by molar-refractivity contribution is 6.59. The van der Waals surface area contributed by atoms with Crippen LogP contribution in [0, 0.1) is 23.6 Å². The fraction of sp³-hybridized carbons (Fsp3) is 0.273. The van der Waals surface area contributed by atoms with Crippen molar-refractivity contribution in [3.05, 3.63) is 89.8 Å². The zero-order valence-electron chi connectivity index (χ0n) is 24.6. The number of ether oxygens (including phenoxy) is 1. The van der Waals surface area contributed by atoms with Crippen LogP contribution >= 0.6 is 23.2 Å². The summed E-state index contributed by atoms with van der Waals surface area (Å²) in [5.41, 5.74) is 0.742. The number of nitrogens with zero attached hydrogens (tertiary/aromatic N) is 2. The number of phenolic OH excluding ortho intramolecular Hbond substituents is 1. The number of methoxy groups -OCH3 is 1. The Morgan fingerprint density at radius 1 is 0.894 bits per heavy atom. The molecule has 3 aromatic carbocycles. The molecule has 10 nitrogen and oxygen atoms in total. The highest BCUT2D eigenvalue weighted by Crippen LogP contribution is 2.67. The maximum absolute atomic E-state index is 14.5. The number of anilines is 2. The first-order valence-corrected chi connectivity index (χ1v) is 15.5. The van der Waals surface area contributed by atoms with Crippen molar-refractivity contribution in [3.8, 4) is 11.5 Å². The highest BCUT2D eigenvalue weighted by atomic mass is 35.5. The lowest BCUT2D eigenvalue weighted by Crippen LogP contribution is -2.60. The van der Waals surface area contributed by atoms with Gasteiger partial charge in [0.1, 0.15) is 17.3 Å². The monoisotopic (exact) mass is 678 g/mol. The third-order valence-corrected chi connectivity index (χ3v) is 11.3. The minimum atomic E-state index is -2.25. The van der Waals surface area contributed by atoms with Crippen LogP contribution in [0.3, 0.4) is 0 Å². The molecule has 3 aromatic rings. The number of halogens is 3. The van der Waals surface area contributed by atoms with Gasteiger partial charge in [0.15, 0.2) is 9.75 Å². The van der Waals surface area contributed by atoms with E-state index in [4.69, 9.17) is 27.9 Å². The zero-order chi connectivity index (χ0) is 33.6. The molecule has 47 heavy (non-hydrogen) atoms. The number of carbonyl (C=O) groups is 4. The number of hydrogen-bond acceptors (Lipinski definition) is 8. The van der Waals surface area contributed by atoms with E-state index in [1.807, 2.05) is 0 Å². The van der Waals surface area contributed by atoms with Crippen LogP contribution in [0.25, 0.3) is 0 Å². The van der Waals surface area contributed by atoms with Crippen molar-refractivity contribution in [2.45, 2.75) is 28.5 Å². The summed E-state index contributed by atoms with van der Waals surface area (Å²) in [5.74, 6) is -7.78. The van der Waals surface area contributed by atoms with Gasteiger partial charge in [0.05, 0.1) is 30.3 Å². The van der Waals surface area contributed by atoms with Crippen molar-refractivity contribution >= 4 is 70.8 Å². The van der Waals surface area contributed by atoms with Crippen LogP contribution in [0.15, 0.2) is 78.4 Å². The number of amides is 4. The van der Waals surface area contributed by atoms with Gasteiger partial charge in [-0.3, -0.25) is 24.1 Å². The molecule has 240 valence electrons. The second-order valence-electron chi connectivity index (χ2n) is 12.1. The van der Waals surface area contributed by atoms with Gasteiger partial charge in [-0.15, -0.1) is 23.2 Å². The minimum absolute atomic E-state index is 0.0259. The van der Waals surface area contributed by atoms with E-state index < -0.39 is 70.0 Å². The maximum Gasteiger partial charge on any atom is 0.488 e. The first-order valence-electron chi connectivity index (χ1n) is 14.8. The first kappa shape index (κ1) is 31.4. The van der Waals surface area contributed by atoms with Crippen LogP contribution < -0.4 is 20.0 Å². The molecule has 3 N–H and O–H groups in total. The average Bonchev–Trinajstić information content (AvgIpc) is 3.39. The van der Waals surface area contributed by atoms with Crippen LogP contribution in [0.4, 0.5) is 15.8 Å². The van der Waals surface area contributed by atoms with Gasteiger partial charge in [-0.05, 0) is 72.8 Å². The Labute approximate surface area is 278 Å². The number of benzene rings is 3. The van der Waals surface area contributed by atoms with Gasteiger partial charge < -0.3 is 19.9 Å². The number of rotatable bonds is 5. The predicted molar refractivity (Wildman–Crippen MR) is 170 cm³/mol. The summed E-state index contributed by atoms with van der Waals surface area (Å²) in [6.45, 7) is 0. The predicted octanol–water partition coefficient (Wildman–Crippen LogP) is 2.99. The summed E-state index contributed by atoms with van der Waals surface area (Å²) in [6, 6.07) is 14.8. The van der Waals surface area contributed by atoms with Gasteiger partial charge in [-0.1, -0.05) is 29.8 Å². The molecule has 6 atom stereocenters. The summed E-state index contributed by atoms with van der Waals surface area (Å²) < 4.78 is 19.4. The Morgan fingerprint density at radius 3 is 2.28 bits per heavy atom. The molecule has 2 heterocycles. The van der Waals surface area contributed by atoms with Crippen molar-refractivity contribution in [1.29, 1.82) is 0 Å². The fourth-order valence-corrected chi connectivity index (χ4v) is 8.71. The van der Waals surface area contributed by atoms with E-state index in [0.29, 0.717) is 5.57 Å². The van der Waals surface area contributed by atoms with Crippen LogP contribution in [-0.2, 0) is 19.2 Å². The van der Waals surface area contributed by atoms with Gasteiger partial charge in [-0.25, -0.2) is 9.29 Å². The molecule has 0 radical (unpaired) electrons. The molecule has 6 unspecified atom stereocenters. The molecule has 7 rings (SSSR count). The van der Waals surface area contributed by atoms with Gasteiger partial charge >= 0.3 is 7.12 Å². The van der Waals surface area contributed by atoms with Crippen LogP contribution in [0.5, 0.6) is 11.5 Å². The van der Waals surface area contributed by atoms with Crippen molar-refractivity contribution in [1.82, 2.24) is 0 Å². The number of imide groups is 2. The normalized spacial score (nSPS) is 29.8. The maximum atomic E-state index is 14.5. The lowest BCUT2D eigenvalue weighted by atomic mass is 9.56. The minimum Gasteiger partial charge on any atom is -0.508 e. The molecule has 2 aliphatic carbocycles. The molecule has 0 spiro atoms. The molecule has 0 aromatic heterocycles. The molecule has 4 amide bonds. The van der Waals surface area contributed by atoms with Crippen LogP contribution in [0.2, 0.25) is 0 Å². The molecule has 2 saturated heterocycles. The molecular weight excluding hydrogens is 653 g/mol. The van der Waals surface area contributed by atoms with E-state index in [2.05, 4.69) is 0 Å². The van der Waals surface area contributed by atoms with Crippen molar-refractivity contribution in [2.75, 3.05) is 16.9 Å². The molecule has 14 heteroatoms. The molecule has 1 saturated carbocycles. The summed E-state index contributed by atoms with van der Waals surface area (Å²) >= 11 is 14.7. The quantitative estimate of drug-likeness (QED) is 0.162. The van der Waals surface area contributed by atoms with Crippen molar-refractivity contribution in [2.24, 2.45) is 17.8 Å². The van der Waals surface area contributed by atoms with Gasteiger partial charge in [0.2, 0.25) is 11.8 Å². The van der Waals surface area contributed by atoms with Crippen LogP contribution in [0.1, 0.15) is 24.3 Å². The Bertz CT molecular complexity index is 1910. The Balaban J connectivity index is 1.41. The Morgan fingerprint density at radius 2 is 1.60 bits per heavy atom. The molecule has 4 aliphatic rings. The van der Waals surface area contributed by atoms with E-state index in [9.17, 15) is 38.7 Å². The number of hydrogen-bond donors (Lipinski definition) is 3. The van der Waals surface area contributed by atoms with E-state index in [-0.39, 0.29) is 46.7 Å². The van der Waals surface area contributed by atoms with E-state index in [0.717, 1.165) is 21.9 Å². The number of carbonyl (C=O) groups excluding carboxylic acids is 4. The number of aromatic hydroxyl groups is 1. The second kappa shape index (κ2) is 10.9. The summed E-state index contributed by atoms with van der Waals surface area (Å²) in [7, 11) is -0.478. The van der Waals surface area contributed by atoms with Gasteiger partial charge in [0.25, 0.3) is 11.8 Å². The molecule has 2 aliphatic heterocycles. The average molecular weight is 679 g/mol. The van der Waals surface area contributed by atoms with Crippen LogP contribution in [-0.4, -0.2) is 62.8 Å². The van der Waals surface area contributed by atoms with Gasteiger partial charge in [-0.2, -0.15) is 0 Å². The third-order valence-electron chi connectivity index (χ3n) is 9.87. The molecule has 0 bridgehead atoms. The molecular formula is C33H26BCl2FN2O8.